The first-order chi connectivity index (χ1) is 5.24. The molecule has 0 atom stereocenters. The van der Waals surface area contributed by atoms with Crippen molar-refractivity contribution in [3.63, 3.8) is 0 Å². The van der Waals surface area contributed by atoms with Gasteiger partial charge in [-0.1, -0.05) is 13.0 Å². The Balaban J connectivity index is 3.01. The molecular weight excluding hydrogens is 142 g/mol. The molecular formula is C8H8NO2. The third-order valence-electron chi connectivity index (χ3n) is 1.45. The van der Waals surface area contributed by atoms with E-state index in [0.29, 0.717) is 0 Å². The lowest BCUT2D eigenvalue weighted by atomic mass is 10.1. The molecule has 1 aromatic rings. The van der Waals surface area contributed by atoms with Crippen molar-refractivity contribution in [1.29, 1.82) is 0 Å². The van der Waals surface area contributed by atoms with Crippen LogP contribution in [0, 0.1) is 16.2 Å². The molecule has 0 spiro atoms. The second-order valence-electron chi connectivity index (χ2n) is 2.21. The highest BCUT2D eigenvalue weighted by atomic mass is 16.6. The fraction of sp³-hybridized carbons (Fsp3) is 0.250. The summed E-state index contributed by atoms with van der Waals surface area (Å²) in [6.45, 7) is 1.95. The quantitative estimate of drug-likeness (QED) is 0.477. The highest BCUT2D eigenvalue weighted by Crippen LogP contribution is 2.12. The van der Waals surface area contributed by atoms with Gasteiger partial charge in [0.25, 0.3) is 5.69 Å². The lowest BCUT2D eigenvalue weighted by molar-refractivity contribution is -0.384. The topological polar surface area (TPSA) is 43.1 Å². The number of rotatable bonds is 2. The Kier molecular flexibility index (Phi) is 2.21. The Morgan fingerprint density at radius 3 is 2.91 bits per heavy atom. The van der Waals surface area contributed by atoms with Gasteiger partial charge in [0, 0.05) is 12.1 Å². The van der Waals surface area contributed by atoms with E-state index in [0.717, 1.165) is 12.0 Å². The molecule has 0 heterocycles. The van der Waals surface area contributed by atoms with Gasteiger partial charge in [0.2, 0.25) is 0 Å². The summed E-state index contributed by atoms with van der Waals surface area (Å²) in [4.78, 5) is 9.85. The highest BCUT2D eigenvalue weighted by Gasteiger charge is 2.03. The van der Waals surface area contributed by atoms with Crippen molar-refractivity contribution in [1.82, 2.24) is 0 Å². The molecule has 0 aromatic heterocycles. The van der Waals surface area contributed by atoms with Gasteiger partial charge in [0.1, 0.15) is 0 Å². The maximum Gasteiger partial charge on any atom is 0.270 e. The Morgan fingerprint density at radius 1 is 1.64 bits per heavy atom. The smallest absolute Gasteiger partial charge is 0.258 e. The molecule has 0 amide bonds. The predicted octanol–water partition coefficient (Wildman–Crippen LogP) is 1.96. The molecule has 0 fully saturated rings. The van der Waals surface area contributed by atoms with E-state index < -0.39 is 4.92 Å². The minimum absolute atomic E-state index is 0.115. The van der Waals surface area contributed by atoms with E-state index >= 15 is 0 Å². The molecule has 3 heteroatoms. The number of nitro groups is 1. The van der Waals surface area contributed by atoms with E-state index in [1.807, 2.05) is 6.92 Å². The number of nitrogens with zero attached hydrogens (tertiary/aromatic N) is 1. The van der Waals surface area contributed by atoms with E-state index in [-0.39, 0.29) is 5.69 Å². The molecule has 3 nitrogen and oxygen atoms in total. The number of hydrogen-bond acceptors (Lipinski definition) is 2. The number of hydrogen-bond donors (Lipinski definition) is 0. The fourth-order valence-electron chi connectivity index (χ4n) is 0.817. The summed E-state index contributed by atoms with van der Waals surface area (Å²) in [7, 11) is 0. The van der Waals surface area contributed by atoms with Crippen molar-refractivity contribution >= 4 is 5.69 Å². The van der Waals surface area contributed by atoms with Crippen LogP contribution in [0.4, 0.5) is 5.69 Å². The van der Waals surface area contributed by atoms with Crippen LogP contribution in [-0.2, 0) is 6.42 Å². The summed E-state index contributed by atoms with van der Waals surface area (Å²) in [6, 6.07) is 7.42. The zero-order valence-electron chi connectivity index (χ0n) is 6.20. The first-order valence-corrected chi connectivity index (χ1v) is 3.38. The average molecular weight is 150 g/mol. The maximum absolute atomic E-state index is 10.3. The molecule has 57 valence electrons. The Morgan fingerprint density at radius 2 is 2.36 bits per heavy atom. The average Bonchev–Trinajstić information content (AvgIpc) is 2.05. The van der Waals surface area contributed by atoms with E-state index in [1.165, 1.54) is 6.07 Å². The van der Waals surface area contributed by atoms with Gasteiger partial charge in [0.05, 0.1) is 4.92 Å². The Labute approximate surface area is 64.8 Å². The predicted molar refractivity (Wildman–Crippen MR) is 41.3 cm³/mol. The van der Waals surface area contributed by atoms with Gasteiger partial charge in [-0.05, 0) is 18.1 Å². The summed E-state index contributed by atoms with van der Waals surface area (Å²) < 4.78 is 0. The fourth-order valence-corrected chi connectivity index (χ4v) is 0.817. The van der Waals surface area contributed by atoms with Crippen LogP contribution >= 0.6 is 0 Å². The van der Waals surface area contributed by atoms with Crippen molar-refractivity contribution in [2.75, 3.05) is 0 Å². The molecule has 0 saturated heterocycles. The van der Waals surface area contributed by atoms with Crippen LogP contribution in [0.3, 0.4) is 0 Å². The number of aryl methyl sites for hydroxylation is 1. The van der Waals surface area contributed by atoms with E-state index in [2.05, 4.69) is 6.07 Å². The minimum atomic E-state index is -0.407. The monoisotopic (exact) mass is 150 g/mol. The summed E-state index contributed by atoms with van der Waals surface area (Å²) in [6.07, 6.45) is 0.804. The minimum Gasteiger partial charge on any atom is -0.258 e. The number of non-ortho nitro benzene ring substituents is 1. The molecule has 0 N–H and O–H groups in total. The summed E-state index contributed by atoms with van der Waals surface area (Å²) >= 11 is 0. The normalized spacial score (nSPS) is 9.55. The lowest BCUT2D eigenvalue weighted by Crippen LogP contribution is -1.88. The molecule has 0 saturated carbocycles. The molecule has 1 rings (SSSR count). The summed E-state index contributed by atoms with van der Waals surface area (Å²) in [5.41, 5.74) is 1.06. The van der Waals surface area contributed by atoms with E-state index in [1.54, 1.807) is 12.1 Å². The number of nitro benzene ring substituents is 1. The largest absolute Gasteiger partial charge is 0.270 e. The highest BCUT2D eigenvalue weighted by molar-refractivity contribution is 5.33. The molecule has 1 aromatic carbocycles. The van der Waals surface area contributed by atoms with E-state index in [4.69, 9.17) is 0 Å². The van der Waals surface area contributed by atoms with Gasteiger partial charge < -0.3 is 0 Å². The SMILES string of the molecule is CCc1c[c]cc([N+](=O)[O-])c1. The van der Waals surface area contributed by atoms with Crippen molar-refractivity contribution < 1.29 is 4.92 Å². The van der Waals surface area contributed by atoms with Gasteiger partial charge in [0.15, 0.2) is 0 Å². The van der Waals surface area contributed by atoms with Crippen LogP contribution in [0.25, 0.3) is 0 Å². The molecule has 0 bridgehead atoms. The van der Waals surface area contributed by atoms with E-state index in [9.17, 15) is 10.1 Å². The third-order valence-corrected chi connectivity index (χ3v) is 1.45. The molecule has 0 unspecified atom stereocenters. The molecule has 0 aliphatic rings. The van der Waals surface area contributed by atoms with Crippen LogP contribution in [0.2, 0.25) is 0 Å². The van der Waals surface area contributed by atoms with Crippen molar-refractivity contribution in [3.05, 3.63) is 39.9 Å². The van der Waals surface area contributed by atoms with Crippen LogP contribution in [0.5, 0.6) is 0 Å². The van der Waals surface area contributed by atoms with Gasteiger partial charge in [-0.25, -0.2) is 0 Å². The zero-order valence-corrected chi connectivity index (χ0v) is 6.20. The second-order valence-corrected chi connectivity index (χ2v) is 2.21. The summed E-state index contributed by atoms with van der Waals surface area (Å²) in [5, 5.41) is 10.3. The van der Waals surface area contributed by atoms with Crippen molar-refractivity contribution in [3.8, 4) is 0 Å². The Hall–Kier alpha value is -1.38. The van der Waals surface area contributed by atoms with Gasteiger partial charge >= 0.3 is 0 Å². The maximum atomic E-state index is 10.3. The van der Waals surface area contributed by atoms with Gasteiger partial charge in [-0.2, -0.15) is 0 Å². The lowest BCUT2D eigenvalue weighted by Gasteiger charge is -1.93. The standard InChI is InChI=1S/C8H8NO2/c1-2-7-4-3-5-8(6-7)9(10)11/h4-6H,2H2,1H3. The third kappa shape index (κ3) is 1.77. The van der Waals surface area contributed by atoms with Crippen LogP contribution in [0.15, 0.2) is 18.2 Å². The first-order valence-electron chi connectivity index (χ1n) is 3.38. The Bertz CT molecular complexity index is 271. The van der Waals surface area contributed by atoms with Gasteiger partial charge in [-0.15, -0.1) is 0 Å². The van der Waals surface area contributed by atoms with Crippen LogP contribution in [-0.4, -0.2) is 4.92 Å². The first kappa shape index (κ1) is 7.72. The molecule has 11 heavy (non-hydrogen) atoms. The zero-order chi connectivity index (χ0) is 8.27. The van der Waals surface area contributed by atoms with Crippen molar-refractivity contribution in [2.45, 2.75) is 13.3 Å². The second kappa shape index (κ2) is 3.14. The number of benzene rings is 1. The van der Waals surface area contributed by atoms with Crippen LogP contribution < -0.4 is 0 Å². The molecule has 0 aliphatic carbocycles. The van der Waals surface area contributed by atoms with Crippen LogP contribution in [0.1, 0.15) is 12.5 Å². The van der Waals surface area contributed by atoms with Gasteiger partial charge in [-0.3, -0.25) is 10.1 Å². The summed E-state index contributed by atoms with van der Waals surface area (Å²) in [5.74, 6) is 0. The van der Waals surface area contributed by atoms with Crippen molar-refractivity contribution in [2.24, 2.45) is 0 Å². The molecule has 0 aliphatic heterocycles. The molecule has 1 radical (unpaired) electrons.